The number of ether oxygens (including phenoxy) is 15. The normalized spacial score (nSPS) is 15.8. The number of nitrogens with zero attached hydrogens (tertiary/aromatic N) is 2. The van der Waals surface area contributed by atoms with Crippen LogP contribution < -0.4 is 56.8 Å². The summed E-state index contributed by atoms with van der Waals surface area (Å²) in [5, 5.41) is 0. The summed E-state index contributed by atoms with van der Waals surface area (Å²) in [6, 6.07) is 31.8. The Labute approximate surface area is 577 Å². The maximum Gasteiger partial charge on any atom is 0.329 e. The third kappa shape index (κ3) is 18.5. The lowest BCUT2D eigenvalue weighted by Gasteiger charge is -2.37. The van der Waals surface area contributed by atoms with Crippen molar-refractivity contribution in [2.75, 3.05) is 111 Å². The van der Waals surface area contributed by atoms with Crippen LogP contribution in [0.2, 0.25) is 0 Å². The highest BCUT2D eigenvalue weighted by atomic mass is 127. The number of piperidine rings is 2. The lowest BCUT2D eigenvalue weighted by molar-refractivity contribution is -0.162. The molecule has 2 heterocycles. The fraction of sp³-hybridized carbons (Fsp3) is 0.459. The minimum Gasteiger partial charge on any atom is -0.493 e. The molecule has 22 heteroatoms. The summed E-state index contributed by atoms with van der Waals surface area (Å²) >= 11 is 2.10. The molecule has 6 aromatic carbocycles. The summed E-state index contributed by atoms with van der Waals surface area (Å²) in [6.07, 6.45) is 4.76. The van der Waals surface area contributed by atoms with Crippen molar-refractivity contribution in [3.05, 3.63) is 143 Å². The van der Waals surface area contributed by atoms with Crippen LogP contribution in [0.4, 0.5) is 0 Å². The maximum absolute atomic E-state index is 14.7. The highest BCUT2D eigenvalue weighted by Crippen LogP contribution is 2.44. The predicted octanol–water partition coefficient (Wildman–Crippen LogP) is 12.8. The van der Waals surface area contributed by atoms with Gasteiger partial charge in [-0.25, -0.2) is 9.59 Å². The number of hydrogen-bond donors (Lipinski definition) is 0. The molecule has 0 aliphatic carbocycles. The van der Waals surface area contributed by atoms with Crippen LogP contribution in [0.1, 0.15) is 120 Å². The van der Waals surface area contributed by atoms with Gasteiger partial charge in [0.25, 0.3) is 0 Å². The molecule has 0 bridgehead atoms. The monoisotopic (exact) mass is 1440 g/mol. The summed E-state index contributed by atoms with van der Waals surface area (Å²) in [5.41, 5.74) is 4.66. The second-order valence-electron chi connectivity index (χ2n) is 23.1. The zero-order chi connectivity index (χ0) is 68.7. The number of methoxy groups -OCH3 is 10. The first-order valence-corrected chi connectivity index (χ1v) is 33.6. The molecule has 2 aliphatic rings. The van der Waals surface area contributed by atoms with Gasteiger partial charge in [-0.15, -0.1) is 0 Å². The van der Waals surface area contributed by atoms with Gasteiger partial charge in [0.15, 0.2) is 46.0 Å². The highest BCUT2D eigenvalue weighted by molar-refractivity contribution is 14.1. The standard InChI is InChI=1S/C74H91IN2O19/c1-12-55(51-43-64(86-6)69(90-10)65(44-51)87-7)71(78)76-33-15-13-23-56(76)73(80)95-58(29-25-47-27-31-60(82-2)62(39-47)84-4)49-19-17-21-53(41-49)93-37-35-92-36-38-94-54-22-18-20-50(42-54)59(30-26-48-28-32-61(83-3)63(40-48)85-5)96-74(81)57-24-14-16-34-77(57)72(79)68(75)52-45-66(88-8)70(91-11)67(46-52)89-9/h17-22,27-28,31-32,39-46,55-59,68H,12-16,23-26,29-30,33-38H2,1-11H3/t55?,56-,57-,58?,59+,68-/m0/s1. The van der Waals surface area contributed by atoms with Crippen molar-refractivity contribution in [1.82, 2.24) is 9.80 Å². The molecule has 2 amide bonds. The third-order valence-electron chi connectivity index (χ3n) is 17.4. The van der Waals surface area contributed by atoms with Crippen LogP contribution in [0, 0.1) is 0 Å². The van der Waals surface area contributed by atoms with Crippen molar-refractivity contribution in [3.63, 3.8) is 0 Å². The van der Waals surface area contributed by atoms with Gasteiger partial charge in [0, 0.05) is 13.1 Å². The van der Waals surface area contributed by atoms with Gasteiger partial charge in [0.2, 0.25) is 23.3 Å². The van der Waals surface area contributed by atoms with Crippen LogP contribution >= 0.6 is 22.6 Å². The number of esters is 2. The number of aryl methyl sites for hydroxylation is 2. The fourth-order valence-corrected chi connectivity index (χ4v) is 13.0. The Balaban J connectivity index is 0.914. The van der Waals surface area contributed by atoms with Gasteiger partial charge in [-0.05, 0) is 177 Å². The van der Waals surface area contributed by atoms with E-state index in [9.17, 15) is 19.2 Å². The van der Waals surface area contributed by atoms with Crippen molar-refractivity contribution in [2.24, 2.45) is 0 Å². The summed E-state index contributed by atoms with van der Waals surface area (Å²) in [5.74, 6) is 4.02. The molecule has 0 radical (unpaired) electrons. The molecule has 6 atom stereocenters. The van der Waals surface area contributed by atoms with Crippen LogP contribution in [-0.2, 0) is 46.2 Å². The number of halogens is 1. The van der Waals surface area contributed by atoms with Crippen molar-refractivity contribution in [1.29, 1.82) is 0 Å². The van der Waals surface area contributed by atoms with Crippen LogP contribution in [0.5, 0.6) is 69.0 Å². The average Bonchev–Trinajstić information content (AvgIpc) is 0.807. The van der Waals surface area contributed by atoms with Crippen LogP contribution in [0.25, 0.3) is 0 Å². The largest absolute Gasteiger partial charge is 0.493 e. The first-order valence-electron chi connectivity index (χ1n) is 32.4. The van der Waals surface area contributed by atoms with Gasteiger partial charge < -0.3 is 80.9 Å². The molecule has 0 spiro atoms. The Morgan fingerprint density at radius 1 is 0.438 bits per heavy atom. The van der Waals surface area contributed by atoms with Crippen LogP contribution in [0.15, 0.2) is 109 Å². The molecule has 0 aromatic heterocycles. The molecule has 6 aromatic rings. The lowest BCUT2D eigenvalue weighted by atomic mass is 9.91. The smallest absolute Gasteiger partial charge is 0.329 e. The number of likely N-dealkylation sites (tertiary alicyclic amines) is 2. The Morgan fingerprint density at radius 2 is 0.844 bits per heavy atom. The van der Waals surface area contributed by atoms with Crippen molar-refractivity contribution in [3.8, 4) is 69.0 Å². The number of hydrogen-bond acceptors (Lipinski definition) is 19. The highest BCUT2D eigenvalue weighted by Gasteiger charge is 2.40. The minimum atomic E-state index is -0.816. The molecule has 2 saturated heterocycles. The summed E-state index contributed by atoms with van der Waals surface area (Å²) < 4.78 is 86.6. The molecule has 518 valence electrons. The molecule has 0 saturated carbocycles. The van der Waals surface area contributed by atoms with Crippen LogP contribution in [0.3, 0.4) is 0 Å². The Kier molecular flexibility index (Phi) is 27.9. The van der Waals surface area contributed by atoms with E-state index in [4.69, 9.17) is 71.1 Å². The second kappa shape index (κ2) is 36.6. The van der Waals surface area contributed by atoms with Crippen molar-refractivity contribution in [2.45, 2.75) is 112 Å². The van der Waals surface area contributed by atoms with E-state index in [0.717, 1.165) is 42.4 Å². The third-order valence-corrected chi connectivity index (χ3v) is 18.6. The number of rotatable bonds is 35. The molecule has 2 unspecified atom stereocenters. The van der Waals surface area contributed by atoms with E-state index >= 15 is 0 Å². The van der Waals surface area contributed by atoms with Gasteiger partial charge in [0.05, 0.1) is 90.2 Å². The molecule has 0 N–H and O–H groups in total. The van der Waals surface area contributed by atoms with E-state index in [-0.39, 0.29) is 38.2 Å². The fourth-order valence-electron chi connectivity index (χ4n) is 12.3. The Morgan fingerprint density at radius 3 is 1.24 bits per heavy atom. The van der Waals surface area contributed by atoms with Gasteiger partial charge >= 0.3 is 11.9 Å². The molecule has 2 fully saturated rings. The van der Waals surface area contributed by atoms with Gasteiger partial charge in [-0.2, -0.15) is 0 Å². The van der Waals surface area contributed by atoms with Gasteiger partial charge in [-0.3, -0.25) is 9.59 Å². The van der Waals surface area contributed by atoms with E-state index in [1.54, 1.807) is 62.5 Å². The van der Waals surface area contributed by atoms with E-state index < -0.39 is 46.1 Å². The quantitative estimate of drug-likeness (QED) is 0.0157. The first-order chi connectivity index (χ1) is 46.7. The molecule has 96 heavy (non-hydrogen) atoms. The number of alkyl halides is 1. The Hall–Kier alpha value is -8.51. The Bertz CT molecular complexity index is 3500. The average molecular weight is 1440 g/mol. The predicted molar refractivity (Wildman–Crippen MR) is 369 cm³/mol. The molecular weight excluding hydrogens is 1350 g/mol. The van der Waals surface area contributed by atoms with E-state index in [1.807, 2.05) is 91.9 Å². The molecular formula is C74H91IN2O19. The van der Waals surface area contributed by atoms with Crippen molar-refractivity contribution >= 4 is 46.3 Å². The first kappa shape index (κ1) is 73.3. The molecule has 2 aliphatic heterocycles. The number of carbonyl (C=O) groups excluding carboxylic acids is 4. The topological polar surface area (TPSA) is 213 Å². The van der Waals surface area contributed by atoms with E-state index in [0.29, 0.717) is 144 Å². The van der Waals surface area contributed by atoms with Crippen LogP contribution in [-0.4, -0.2) is 156 Å². The van der Waals surface area contributed by atoms with Crippen molar-refractivity contribution < 1.29 is 90.2 Å². The molecule has 21 nitrogen and oxygen atoms in total. The molecule has 8 rings (SSSR count). The second-order valence-corrected chi connectivity index (χ2v) is 24.3. The number of benzene rings is 6. The minimum absolute atomic E-state index is 0.183. The van der Waals surface area contributed by atoms with Gasteiger partial charge in [-0.1, -0.05) is 65.9 Å². The van der Waals surface area contributed by atoms with E-state index in [1.165, 1.54) is 42.7 Å². The zero-order valence-corrected chi connectivity index (χ0v) is 59.1. The number of carbonyl (C=O) groups is 4. The zero-order valence-electron chi connectivity index (χ0n) is 56.9. The lowest BCUT2D eigenvalue weighted by Crippen LogP contribution is -2.50. The summed E-state index contributed by atoms with van der Waals surface area (Å²) in [4.78, 5) is 61.7. The van der Waals surface area contributed by atoms with Gasteiger partial charge in [0.1, 0.15) is 52.9 Å². The SMILES string of the molecule is CCC(C(=O)N1CCCC[C@H]1C(=O)OC(CCc1ccc(OC)c(OC)c1)c1cccc(OCCOCCOc2cccc([C@@H](CCc3ccc(OC)c(OC)c3)OC(=O)[C@@H]3CCCCN3C(=O)[C@@H](I)c3cc(OC)c(OC)c(OC)c3)c2)c1)c1cc(OC)c(OC)c(OC)c1. The summed E-state index contributed by atoms with van der Waals surface area (Å²) in [7, 11) is 15.5. The maximum atomic E-state index is 14.7. The van der Waals surface area contributed by atoms with E-state index in [2.05, 4.69) is 22.6 Å². The summed E-state index contributed by atoms with van der Waals surface area (Å²) in [6.45, 7) is 3.62. The number of amides is 2.